The van der Waals surface area contributed by atoms with Crippen LogP contribution in [0.3, 0.4) is 0 Å². The molecular formula is C23H31N5O6S. The van der Waals surface area contributed by atoms with Crippen molar-refractivity contribution in [1.82, 2.24) is 23.7 Å². The SMILES string of the molecule is COCC#Cc1cnc2c(c1)C(=O)N([C@H](C)CO)C[C@@H](C)[C@@H](CN(C)S(=O)(=O)c1cn(C)cn1)O2. The number of imidazole rings is 1. The average molecular weight is 506 g/mol. The molecule has 0 spiro atoms. The maximum absolute atomic E-state index is 13.4. The Hall–Kier alpha value is -2.98. The maximum Gasteiger partial charge on any atom is 0.261 e. The van der Waals surface area contributed by atoms with Gasteiger partial charge in [-0.05, 0) is 13.0 Å². The Balaban J connectivity index is 1.97. The van der Waals surface area contributed by atoms with Crippen molar-refractivity contribution in [2.75, 3.05) is 40.5 Å². The quantitative estimate of drug-likeness (QED) is 0.534. The lowest BCUT2D eigenvalue weighted by molar-refractivity contribution is 0.0373. The van der Waals surface area contributed by atoms with E-state index in [0.717, 1.165) is 0 Å². The molecule has 3 atom stereocenters. The van der Waals surface area contributed by atoms with Crippen molar-refractivity contribution in [2.24, 2.45) is 13.0 Å². The Morgan fingerprint density at radius 3 is 2.77 bits per heavy atom. The molecule has 0 bridgehead atoms. The number of pyridine rings is 1. The van der Waals surface area contributed by atoms with Crippen LogP contribution in [0.2, 0.25) is 0 Å². The van der Waals surface area contributed by atoms with Gasteiger partial charge in [0.05, 0.1) is 25.5 Å². The lowest BCUT2D eigenvalue weighted by atomic mass is 10.0. The minimum atomic E-state index is -3.85. The van der Waals surface area contributed by atoms with Crippen molar-refractivity contribution in [1.29, 1.82) is 0 Å². The second kappa shape index (κ2) is 11.2. The molecule has 1 aliphatic rings. The van der Waals surface area contributed by atoms with Crippen molar-refractivity contribution in [3.05, 3.63) is 35.9 Å². The number of sulfonamides is 1. The molecule has 12 heteroatoms. The molecular weight excluding hydrogens is 474 g/mol. The summed E-state index contributed by atoms with van der Waals surface area (Å²) in [5.74, 6) is 5.19. The van der Waals surface area contributed by atoms with Gasteiger partial charge in [-0.15, -0.1) is 0 Å². The first-order valence-corrected chi connectivity index (χ1v) is 12.5. The number of hydrogen-bond donors (Lipinski definition) is 1. The number of rotatable bonds is 7. The van der Waals surface area contributed by atoms with Crippen molar-refractivity contribution < 1.29 is 27.8 Å². The van der Waals surface area contributed by atoms with Crippen LogP contribution in [0.1, 0.15) is 29.8 Å². The molecule has 3 rings (SSSR count). The number of ether oxygens (including phenoxy) is 2. The number of likely N-dealkylation sites (N-methyl/N-ethyl adjacent to an activating group) is 1. The summed E-state index contributed by atoms with van der Waals surface area (Å²) >= 11 is 0. The first kappa shape index (κ1) is 26.6. The predicted molar refractivity (Wildman–Crippen MR) is 127 cm³/mol. The van der Waals surface area contributed by atoms with Gasteiger partial charge in [-0.2, -0.15) is 4.31 Å². The van der Waals surface area contributed by atoms with Crippen LogP contribution in [0.15, 0.2) is 29.8 Å². The zero-order chi connectivity index (χ0) is 25.8. The second-order valence-corrected chi connectivity index (χ2v) is 10.6. The predicted octanol–water partition coefficient (Wildman–Crippen LogP) is 0.354. The highest BCUT2D eigenvalue weighted by molar-refractivity contribution is 7.89. The van der Waals surface area contributed by atoms with Crippen molar-refractivity contribution in [3.63, 3.8) is 0 Å². The van der Waals surface area contributed by atoms with E-state index in [1.165, 1.54) is 37.2 Å². The summed E-state index contributed by atoms with van der Waals surface area (Å²) in [7, 11) is 0.829. The summed E-state index contributed by atoms with van der Waals surface area (Å²) < 4.78 is 39.9. The normalized spacial score (nSPS) is 19.3. The largest absolute Gasteiger partial charge is 0.472 e. The minimum absolute atomic E-state index is 0.00608. The molecule has 2 aromatic rings. The van der Waals surface area contributed by atoms with Gasteiger partial charge in [0.2, 0.25) is 5.88 Å². The van der Waals surface area contributed by atoms with Crippen LogP contribution in [0.5, 0.6) is 5.88 Å². The van der Waals surface area contributed by atoms with Gasteiger partial charge in [0.15, 0.2) is 5.03 Å². The molecule has 0 aromatic carbocycles. The van der Waals surface area contributed by atoms with Crippen molar-refractivity contribution in [3.8, 4) is 17.7 Å². The molecule has 1 N–H and O–H groups in total. The highest BCUT2D eigenvalue weighted by Gasteiger charge is 2.36. The van der Waals surface area contributed by atoms with Gasteiger partial charge in [-0.25, -0.2) is 18.4 Å². The number of aromatic nitrogens is 3. The summed E-state index contributed by atoms with van der Waals surface area (Å²) in [5, 5.41) is 9.71. The van der Waals surface area contributed by atoms with E-state index in [4.69, 9.17) is 9.47 Å². The van der Waals surface area contributed by atoms with Gasteiger partial charge in [0.25, 0.3) is 15.9 Å². The third-order valence-corrected chi connectivity index (χ3v) is 7.47. The molecule has 0 fully saturated rings. The van der Waals surface area contributed by atoms with E-state index < -0.39 is 22.2 Å². The van der Waals surface area contributed by atoms with Crippen LogP contribution in [0.25, 0.3) is 0 Å². The van der Waals surface area contributed by atoms with Gasteiger partial charge in [0, 0.05) is 51.6 Å². The smallest absolute Gasteiger partial charge is 0.261 e. The fourth-order valence-electron chi connectivity index (χ4n) is 3.63. The average Bonchev–Trinajstić information content (AvgIpc) is 3.28. The number of nitrogens with zero attached hydrogens (tertiary/aromatic N) is 5. The van der Waals surface area contributed by atoms with Crippen LogP contribution >= 0.6 is 0 Å². The number of aliphatic hydroxyl groups excluding tert-OH is 1. The first-order valence-electron chi connectivity index (χ1n) is 11.1. The topological polar surface area (TPSA) is 127 Å². The van der Waals surface area contributed by atoms with E-state index in [1.54, 1.807) is 29.5 Å². The van der Waals surface area contributed by atoms with E-state index in [1.807, 2.05) is 6.92 Å². The van der Waals surface area contributed by atoms with Gasteiger partial charge in [-0.1, -0.05) is 18.8 Å². The Labute approximate surface area is 205 Å². The third kappa shape index (κ3) is 5.99. The number of amides is 1. The minimum Gasteiger partial charge on any atom is -0.472 e. The summed E-state index contributed by atoms with van der Waals surface area (Å²) in [6.45, 7) is 3.87. The lowest BCUT2D eigenvalue weighted by Crippen LogP contribution is -2.50. The first-order chi connectivity index (χ1) is 16.6. The zero-order valence-electron chi connectivity index (χ0n) is 20.5. The molecule has 0 unspecified atom stereocenters. The molecule has 11 nitrogen and oxygen atoms in total. The molecule has 0 saturated heterocycles. The Kier molecular flexibility index (Phi) is 8.50. The Morgan fingerprint density at radius 1 is 1.40 bits per heavy atom. The molecule has 190 valence electrons. The van der Waals surface area contributed by atoms with Crippen LogP contribution in [-0.4, -0.2) is 95.8 Å². The Bertz CT molecular complexity index is 1220. The number of aryl methyl sites for hydroxylation is 1. The van der Waals surface area contributed by atoms with Crippen LogP contribution < -0.4 is 4.74 Å². The second-order valence-electron chi connectivity index (χ2n) is 8.60. The molecule has 2 aromatic heterocycles. The van der Waals surface area contributed by atoms with Gasteiger partial charge in [0.1, 0.15) is 18.3 Å². The van der Waals surface area contributed by atoms with Crippen LogP contribution in [-0.2, 0) is 21.8 Å². The summed E-state index contributed by atoms with van der Waals surface area (Å²) in [5.41, 5.74) is 0.705. The van der Waals surface area contributed by atoms with E-state index in [0.29, 0.717) is 5.56 Å². The molecule has 0 aliphatic carbocycles. The lowest BCUT2D eigenvalue weighted by Gasteiger charge is -2.37. The molecule has 1 amide bonds. The highest BCUT2D eigenvalue weighted by Crippen LogP contribution is 2.28. The molecule has 3 heterocycles. The highest BCUT2D eigenvalue weighted by atomic mass is 32.2. The van der Waals surface area contributed by atoms with Crippen LogP contribution in [0.4, 0.5) is 0 Å². The van der Waals surface area contributed by atoms with Crippen molar-refractivity contribution >= 4 is 15.9 Å². The van der Waals surface area contributed by atoms with E-state index in [-0.39, 0.29) is 54.6 Å². The van der Waals surface area contributed by atoms with Crippen LogP contribution in [0, 0.1) is 17.8 Å². The molecule has 35 heavy (non-hydrogen) atoms. The number of carbonyl (C=O) groups excluding carboxylic acids is 1. The van der Waals surface area contributed by atoms with E-state index in [9.17, 15) is 18.3 Å². The maximum atomic E-state index is 13.4. The van der Waals surface area contributed by atoms with Gasteiger partial charge in [-0.3, -0.25) is 4.79 Å². The van der Waals surface area contributed by atoms with E-state index >= 15 is 0 Å². The number of methoxy groups -OCH3 is 1. The standard InChI is InChI=1S/C23H31N5O6S/c1-16-11-28(17(2)14-29)23(30)19-9-18(7-6-8-33-5)10-24-22(19)34-20(16)12-27(4)35(31,32)21-13-26(3)15-25-21/h9-10,13,15-17,20,29H,8,11-12,14H2,1-5H3/t16-,17-,20-/m1/s1. The molecule has 1 aliphatic heterocycles. The summed E-state index contributed by atoms with van der Waals surface area (Å²) in [4.78, 5) is 23.2. The zero-order valence-corrected chi connectivity index (χ0v) is 21.3. The number of hydrogen-bond acceptors (Lipinski definition) is 8. The fraction of sp³-hybridized carbons (Fsp3) is 0.522. The molecule has 0 saturated carbocycles. The van der Waals surface area contributed by atoms with Gasteiger partial charge >= 0.3 is 0 Å². The number of fused-ring (bicyclic) bond motifs is 1. The number of aliphatic hydroxyl groups is 1. The summed E-state index contributed by atoms with van der Waals surface area (Å²) in [6, 6.07) is 1.13. The van der Waals surface area contributed by atoms with Gasteiger partial charge < -0.3 is 24.0 Å². The summed E-state index contributed by atoms with van der Waals surface area (Å²) in [6.07, 6.45) is 3.71. The van der Waals surface area contributed by atoms with Crippen molar-refractivity contribution in [2.45, 2.75) is 31.0 Å². The monoisotopic (exact) mass is 505 g/mol. The van der Waals surface area contributed by atoms with E-state index in [2.05, 4.69) is 21.8 Å². The fourth-order valence-corrected chi connectivity index (χ4v) is 4.77. The molecule has 0 radical (unpaired) electrons. The Morgan fingerprint density at radius 2 is 2.14 bits per heavy atom. The number of carbonyl (C=O) groups is 1. The third-order valence-electron chi connectivity index (χ3n) is 5.76.